The van der Waals surface area contributed by atoms with Crippen molar-refractivity contribution in [3.8, 4) is 0 Å². The molecule has 1 spiro atoms. The number of aliphatic hydroxyl groups excluding tert-OH is 1. The molecule has 3 amide bonds. The zero-order valence-corrected chi connectivity index (χ0v) is 22.4. The lowest BCUT2D eigenvalue weighted by molar-refractivity contribution is -0.139. The maximum atomic E-state index is 13.9. The number of carbonyl (C=O) groups excluding carboxylic acids is 3. The van der Waals surface area contributed by atoms with Crippen molar-refractivity contribution in [1.29, 1.82) is 0 Å². The Morgan fingerprint density at radius 2 is 1.92 bits per heavy atom. The molecule has 196 valence electrons. The van der Waals surface area contributed by atoms with Crippen LogP contribution in [0.2, 0.25) is 5.02 Å². The summed E-state index contributed by atoms with van der Waals surface area (Å²) >= 11 is 8.05. The largest absolute Gasteiger partial charge is 0.396 e. The van der Waals surface area contributed by atoms with E-state index in [1.807, 2.05) is 49.4 Å². The van der Waals surface area contributed by atoms with E-state index in [0.29, 0.717) is 43.1 Å². The summed E-state index contributed by atoms with van der Waals surface area (Å²) in [5, 5.41) is 15.8. The molecule has 0 radical (unpaired) electrons. The van der Waals surface area contributed by atoms with E-state index in [1.165, 1.54) is 0 Å². The second kappa shape index (κ2) is 10.7. The summed E-state index contributed by atoms with van der Waals surface area (Å²) in [5.74, 6) is -1.56. The van der Waals surface area contributed by atoms with Crippen LogP contribution in [0.25, 0.3) is 0 Å². The highest BCUT2D eigenvalue weighted by molar-refractivity contribution is 8.02. The van der Waals surface area contributed by atoms with E-state index < -0.39 is 22.6 Å². The van der Waals surface area contributed by atoms with Crippen LogP contribution in [-0.2, 0) is 20.9 Å². The summed E-state index contributed by atoms with van der Waals surface area (Å²) in [7, 11) is 0. The molecule has 3 N–H and O–H groups in total. The number of benzene rings is 2. The average Bonchev–Trinajstić information content (AvgIpc) is 3.53. The minimum absolute atomic E-state index is 0.00154. The fourth-order valence-electron chi connectivity index (χ4n) is 6.27. The number of aryl methyl sites for hydroxylation is 1. The standard InChI is InChI=1S/C28H32ClN3O4S/c1-17-8-7-11-19(29)23(17)31-26(35)24-28-13-12-20(37-28)21(22(28)27(36)32(24)14-5-6-15-33)25(34)30-16-18-9-3-2-4-10-18/h2-4,7-11,20-22,24,33H,5-6,12-16H2,1H3,(H,30,34)(H,31,35)/t20-,21+,22+,24?,28?/m1/s1. The Kier molecular flexibility index (Phi) is 7.52. The van der Waals surface area contributed by atoms with Gasteiger partial charge in [-0.15, -0.1) is 11.8 Å². The van der Waals surface area contributed by atoms with Crippen LogP contribution in [0.4, 0.5) is 5.69 Å². The normalized spacial score (nSPS) is 27.9. The number of likely N-dealkylation sites (tertiary alicyclic amines) is 1. The molecule has 2 aromatic carbocycles. The lowest BCUT2D eigenvalue weighted by Crippen LogP contribution is -2.52. The third-order valence-electron chi connectivity index (χ3n) is 7.94. The van der Waals surface area contributed by atoms with Crippen LogP contribution in [0.3, 0.4) is 0 Å². The van der Waals surface area contributed by atoms with Crippen molar-refractivity contribution in [2.24, 2.45) is 11.8 Å². The number of carbonyl (C=O) groups is 3. The second-order valence-corrected chi connectivity index (χ2v) is 12.2. The van der Waals surface area contributed by atoms with Crippen LogP contribution in [0.1, 0.15) is 36.8 Å². The number of hydrogen-bond acceptors (Lipinski definition) is 5. The molecule has 5 rings (SSSR count). The maximum absolute atomic E-state index is 13.9. The molecule has 3 saturated heterocycles. The van der Waals surface area contributed by atoms with Crippen molar-refractivity contribution in [3.05, 3.63) is 64.7 Å². The van der Waals surface area contributed by atoms with Crippen molar-refractivity contribution < 1.29 is 19.5 Å². The molecular weight excluding hydrogens is 510 g/mol. The summed E-state index contributed by atoms with van der Waals surface area (Å²) in [6, 6.07) is 14.4. The molecule has 3 aliphatic heterocycles. The number of anilines is 1. The van der Waals surface area contributed by atoms with Crippen LogP contribution in [0, 0.1) is 18.8 Å². The summed E-state index contributed by atoms with van der Waals surface area (Å²) in [4.78, 5) is 42.9. The smallest absolute Gasteiger partial charge is 0.248 e. The average molecular weight is 542 g/mol. The van der Waals surface area contributed by atoms with E-state index >= 15 is 0 Å². The molecule has 2 bridgehead atoms. The van der Waals surface area contributed by atoms with Gasteiger partial charge in [-0.3, -0.25) is 14.4 Å². The van der Waals surface area contributed by atoms with Crippen molar-refractivity contribution >= 4 is 46.8 Å². The minimum atomic E-state index is -0.707. The molecule has 37 heavy (non-hydrogen) atoms. The predicted octanol–water partition coefficient (Wildman–Crippen LogP) is 3.77. The maximum Gasteiger partial charge on any atom is 0.248 e. The lowest BCUT2D eigenvalue weighted by Gasteiger charge is -2.34. The van der Waals surface area contributed by atoms with Crippen molar-refractivity contribution in [2.45, 2.75) is 55.2 Å². The Morgan fingerprint density at radius 1 is 1.14 bits per heavy atom. The molecule has 2 aromatic rings. The monoisotopic (exact) mass is 541 g/mol. The van der Waals surface area contributed by atoms with Crippen LogP contribution >= 0.6 is 23.4 Å². The highest BCUT2D eigenvalue weighted by Gasteiger charge is 2.73. The zero-order chi connectivity index (χ0) is 26.2. The SMILES string of the molecule is Cc1cccc(Cl)c1NC(=O)C1N(CCCCO)C(=O)[C@@H]2[C@@H](C(=O)NCc3ccccc3)[C@H]3CCC12S3. The van der Waals surface area contributed by atoms with Gasteiger partial charge in [0.1, 0.15) is 6.04 Å². The minimum Gasteiger partial charge on any atom is -0.396 e. The van der Waals surface area contributed by atoms with E-state index in [4.69, 9.17) is 11.6 Å². The molecule has 0 aromatic heterocycles. The molecule has 3 aliphatic rings. The fraction of sp³-hybridized carbons (Fsp3) is 0.464. The molecule has 3 fully saturated rings. The van der Waals surface area contributed by atoms with E-state index in [-0.39, 0.29) is 29.6 Å². The van der Waals surface area contributed by atoms with E-state index in [0.717, 1.165) is 17.5 Å². The van der Waals surface area contributed by atoms with Gasteiger partial charge in [0.25, 0.3) is 0 Å². The number of fused-ring (bicyclic) bond motifs is 1. The summed E-state index contributed by atoms with van der Waals surface area (Å²) in [6.45, 7) is 2.66. The van der Waals surface area contributed by atoms with E-state index in [9.17, 15) is 19.5 Å². The Bertz CT molecular complexity index is 1170. The van der Waals surface area contributed by atoms with Gasteiger partial charge in [-0.1, -0.05) is 54.1 Å². The van der Waals surface area contributed by atoms with Crippen LogP contribution in [0.15, 0.2) is 48.5 Å². The number of halogens is 1. The Morgan fingerprint density at radius 3 is 2.65 bits per heavy atom. The number of aliphatic hydroxyl groups is 1. The summed E-state index contributed by atoms with van der Waals surface area (Å²) < 4.78 is -0.658. The molecular formula is C28H32ClN3O4S. The number of nitrogens with one attached hydrogen (secondary N) is 2. The molecule has 5 atom stereocenters. The Balaban J connectivity index is 1.43. The molecule has 7 nitrogen and oxygen atoms in total. The highest BCUT2D eigenvalue weighted by Crippen LogP contribution is 2.66. The first kappa shape index (κ1) is 26.1. The number of unbranched alkanes of at least 4 members (excludes halogenated alkanes) is 1. The lowest BCUT2D eigenvalue weighted by atomic mass is 9.70. The van der Waals surface area contributed by atoms with Gasteiger partial charge in [-0.05, 0) is 49.8 Å². The Labute approximate surface area is 226 Å². The number of rotatable bonds is 9. The summed E-state index contributed by atoms with van der Waals surface area (Å²) in [5.41, 5.74) is 2.39. The topological polar surface area (TPSA) is 98.7 Å². The first-order valence-electron chi connectivity index (χ1n) is 12.8. The van der Waals surface area contributed by atoms with Gasteiger partial charge in [0.2, 0.25) is 17.7 Å². The summed E-state index contributed by atoms with van der Waals surface area (Å²) in [6.07, 6.45) is 2.61. The van der Waals surface area contributed by atoms with Gasteiger partial charge in [-0.25, -0.2) is 0 Å². The number of nitrogens with zero attached hydrogens (tertiary/aromatic N) is 1. The zero-order valence-electron chi connectivity index (χ0n) is 20.8. The molecule has 0 saturated carbocycles. The van der Waals surface area contributed by atoms with Crippen LogP contribution < -0.4 is 10.6 Å². The predicted molar refractivity (Wildman–Crippen MR) is 145 cm³/mol. The first-order valence-corrected chi connectivity index (χ1v) is 14.1. The van der Waals surface area contributed by atoms with Gasteiger partial charge in [0.05, 0.1) is 27.3 Å². The van der Waals surface area contributed by atoms with Crippen LogP contribution in [0.5, 0.6) is 0 Å². The fourth-order valence-corrected chi connectivity index (χ4v) is 8.76. The van der Waals surface area contributed by atoms with E-state index in [2.05, 4.69) is 10.6 Å². The van der Waals surface area contributed by atoms with Gasteiger partial charge in [0.15, 0.2) is 0 Å². The van der Waals surface area contributed by atoms with Crippen molar-refractivity contribution in [1.82, 2.24) is 10.2 Å². The number of hydrogen-bond donors (Lipinski definition) is 3. The Hall–Kier alpha value is -2.55. The highest BCUT2D eigenvalue weighted by atomic mass is 35.5. The third-order valence-corrected chi connectivity index (χ3v) is 10.2. The van der Waals surface area contributed by atoms with Crippen LogP contribution in [-0.4, -0.2) is 56.9 Å². The molecule has 9 heteroatoms. The van der Waals surface area contributed by atoms with Gasteiger partial charge < -0.3 is 20.6 Å². The van der Waals surface area contributed by atoms with Crippen molar-refractivity contribution in [2.75, 3.05) is 18.5 Å². The first-order chi connectivity index (χ1) is 17.9. The van der Waals surface area contributed by atoms with Crippen molar-refractivity contribution in [3.63, 3.8) is 0 Å². The quantitative estimate of drug-likeness (QED) is 0.420. The second-order valence-electron chi connectivity index (χ2n) is 10.1. The number of amides is 3. The van der Waals surface area contributed by atoms with Gasteiger partial charge >= 0.3 is 0 Å². The molecule has 0 aliphatic carbocycles. The molecule has 3 heterocycles. The molecule has 2 unspecified atom stereocenters. The number of para-hydroxylation sites is 1. The van der Waals surface area contributed by atoms with Gasteiger partial charge in [0, 0.05) is 24.9 Å². The van der Waals surface area contributed by atoms with Gasteiger partial charge in [-0.2, -0.15) is 0 Å². The third kappa shape index (κ3) is 4.64. The van der Waals surface area contributed by atoms with E-state index in [1.54, 1.807) is 22.7 Å². The number of thioether (sulfide) groups is 1.